The zero-order chi connectivity index (χ0) is 15.8. The predicted octanol–water partition coefficient (Wildman–Crippen LogP) is -0.473. The second-order valence-corrected chi connectivity index (χ2v) is 5.23. The van der Waals surface area contributed by atoms with Gasteiger partial charge in [0, 0.05) is 25.3 Å². The molecule has 3 heterocycles. The molecule has 4 atom stereocenters. The summed E-state index contributed by atoms with van der Waals surface area (Å²) < 4.78 is 12.9. The highest BCUT2D eigenvalue weighted by Gasteiger charge is 2.58. The molecule has 22 heavy (non-hydrogen) atoms. The first-order valence-corrected chi connectivity index (χ1v) is 6.68. The fourth-order valence-corrected chi connectivity index (χ4v) is 2.81. The van der Waals surface area contributed by atoms with Gasteiger partial charge in [-0.2, -0.15) is 0 Å². The van der Waals surface area contributed by atoms with E-state index in [-0.39, 0.29) is 26.2 Å². The Bertz CT molecular complexity index is 624. The number of aliphatic hydroxyl groups is 2. The summed E-state index contributed by atoms with van der Waals surface area (Å²) >= 11 is 0. The number of H-pyrrole nitrogens is 1. The van der Waals surface area contributed by atoms with Gasteiger partial charge in [0.15, 0.2) is 6.23 Å². The van der Waals surface area contributed by atoms with Crippen LogP contribution in [0.25, 0.3) is 0 Å². The van der Waals surface area contributed by atoms with Crippen molar-refractivity contribution in [2.45, 2.75) is 51.7 Å². The van der Waals surface area contributed by atoms with Gasteiger partial charge < -0.3 is 19.7 Å². The van der Waals surface area contributed by atoms with Crippen molar-refractivity contribution in [3.05, 3.63) is 32.6 Å². The minimum absolute atomic E-state index is 0. The second kappa shape index (κ2) is 6.74. The van der Waals surface area contributed by atoms with Gasteiger partial charge in [-0.1, -0.05) is 7.43 Å². The molecule has 0 amide bonds. The number of hydrogen-bond donors (Lipinski definition) is 3. The molecule has 0 aromatic carbocycles. The summed E-state index contributed by atoms with van der Waals surface area (Å²) in [6.45, 7) is 3.30. The fourth-order valence-electron chi connectivity index (χ4n) is 2.81. The van der Waals surface area contributed by atoms with Crippen molar-refractivity contribution in [3.8, 4) is 0 Å². The molecule has 1 aromatic rings. The topological polar surface area (TPSA) is 114 Å². The Labute approximate surface area is 128 Å². The number of ether oxygens (including phenoxy) is 2. The minimum Gasteiger partial charge on any atom is -0.400 e. The van der Waals surface area contributed by atoms with Gasteiger partial charge in [-0.05, 0) is 13.8 Å². The normalized spacial score (nSPS) is 32.1. The summed E-state index contributed by atoms with van der Waals surface area (Å²) in [5.74, 6) is 0. The Kier molecular flexibility index (Phi) is 5.69. The van der Waals surface area contributed by atoms with Crippen molar-refractivity contribution < 1.29 is 19.7 Å². The molecule has 3 N–H and O–H groups in total. The zero-order valence-corrected chi connectivity index (χ0v) is 12.2. The molecule has 2 aliphatic rings. The quantitative estimate of drug-likeness (QED) is 0.679. The molecule has 0 radical (unpaired) electrons. The van der Waals surface area contributed by atoms with Crippen molar-refractivity contribution >= 4 is 0 Å². The number of aromatic nitrogens is 2. The van der Waals surface area contributed by atoms with E-state index in [9.17, 15) is 14.7 Å². The molecule has 8 heteroatoms. The van der Waals surface area contributed by atoms with Gasteiger partial charge in [0.1, 0.15) is 11.7 Å². The number of aryl methyl sites for hydroxylation is 1. The summed E-state index contributed by atoms with van der Waals surface area (Å²) in [6, 6.07) is 0. The first-order chi connectivity index (χ1) is 9.97. The Morgan fingerprint density at radius 3 is 2.64 bits per heavy atom. The van der Waals surface area contributed by atoms with Crippen LogP contribution in [-0.2, 0) is 9.47 Å². The van der Waals surface area contributed by atoms with Gasteiger partial charge in [-0.25, -0.2) is 4.79 Å². The van der Waals surface area contributed by atoms with E-state index in [0.717, 1.165) is 7.11 Å². The Hall–Kier alpha value is -1.48. The van der Waals surface area contributed by atoms with Crippen molar-refractivity contribution in [1.82, 2.24) is 9.55 Å². The number of aliphatic hydroxyl groups excluding tert-OH is 2. The average Bonchev–Trinajstić information content (AvgIpc) is 3.00. The molecule has 126 valence electrons. The predicted molar refractivity (Wildman–Crippen MR) is 79.8 cm³/mol. The van der Waals surface area contributed by atoms with Crippen LogP contribution in [0, 0.1) is 6.92 Å². The van der Waals surface area contributed by atoms with Gasteiger partial charge in [0.05, 0.1) is 12.7 Å². The molecule has 2 saturated heterocycles. The van der Waals surface area contributed by atoms with Crippen LogP contribution >= 0.6 is 0 Å². The average molecular weight is 316 g/mol. The monoisotopic (exact) mass is 316 g/mol. The van der Waals surface area contributed by atoms with E-state index >= 15 is 0 Å². The number of aromatic amines is 1. The van der Waals surface area contributed by atoms with Gasteiger partial charge in [0.25, 0.3) is 5.56 Å². The minimum atomic E-state index is -0.751. The van der Waals surface area contributed by atoms with Gasteiger partial charge in [-0.3, -0.25) is 14.3 Å². The second-order valence-electron chi connectivity index (χ2n) is 5.23. The van der Waals surface area contributed by atoms with Gasteiger partial charge >= 0.3 is 5.69 Å². The molecular formula is C14H24N2O6. The van der Waals surface area contributed by atoms with Crippen LogP contribution in [0.2, 0.25) is 0 Å². The highest BCUT2D eigenvalue weighted by atomic mass is 16.6. The molecule has 2 unspecified atom stereocenters. The van der Waals surface area contributed by atoms with Crippen molar-refractivity contribution in [1.29, 1.82) is 0 Å². The van der Waals surface area contributed by atoms with E-state index in [1.165, 1.54) is 10.8 Å². The highest BCUT2D eigenvalue weighted by Crippen LogP contribution is 2.47. The fraction of sp³-hybridized carbons (Fsp3) is 0.714. The van der Waals surface area contributed by atoms with E-state index in [1.807, 2.05) is 6.92 Å². The van der Waals surface area contributed by atoms with E-state index in [1.54, 1.807) is 6.92 Å². The van der Waals surface area contributed by atoms with E-state index in [2.05, 4.69) is 4.98 Å². The standard InChI is InChI=1S/C12H16N2O5.CH4O.CH4/c1-6-4-14(11(17)13-9(6)16)10-8-3-12(5-15,19-10)7(2)18-8;1-2;/h4,7-8,10,15H,3,5H2,1-2H3,(H,13,16,17);2H,1H3;1H4/t7?,8?,10-,12+;;/m1../s1. The Morgan fingerprint density at radius 2 is 2.09 bits per heavy atom. The lowest BCUT2D eigenvalue weighted by Crippen LogP contribution is -2.47. The van der Waals surface area contributed by atoms with Crippen LogP contribution in [0.1, 0.15) is 32.6 Å². The maximum atomic E-state index is 11.8. The van der Waals surface area contributed by atoms with Crippen LogP contribution in [0.4, 0.5) is 0 Å². The number of fused-ring (bicyclic) bond motifs is 2. The third-order valence-electron chi connectivity index (χ3n) is 4.03. The third-order valence-corrected chi connectivity index (χ3v) is 4.03. The van der Waals surface area contributed by atoms with Crippen LogP contribution in [0.5, 0.6) is 0 Å². The molecule has 2 bridgehead atoms. The first kappa shape index (κ1) is 18.6. The summed E-state index contributed by atoms with van der Waals surface area (Å²) in [5.41, 5.74) is -1.26. The number of nitrogens with one attached hydrogen (secondary N) is 1. The van der Waals surface area contributed by atoms with Crippen LogP contribution in [-0.4, -0.2) is 51.3 Å². The van der Waals surface area contributed by atoms with Crippen molar-refractivity contribution in [3.63, 3.8) is 0 Å². The lowest BCUT2D eigenvalue weighted by Gasteiger charge is -2.34. The smallest absolute Gasteiger partial charge is 0.330 e. The first-order valence-electron chi connectivity index (χ1n) is 6.68. The molecule has 0 aliphatic carbocycles. The third kappa shape index (κ3) is 2.74. The molecule has 8 nitrogen and oxygen atoms in total. The summed E-state index contributed by atoms with van der Waals surface area (Å²) in [7, 11) is 1.00. The molecule has 1 aromatic heterocycles. The lowest BCUT2D eigenvalue weighted by atomic mass is 9.98. The number of nitrogens with zero attached hydrogens (tertiary/aromatic N) is 1. The molecular weight excluding hydrogens is 292 g/mol. The molecule has 0 spiro atoms. The van der Waals surface area contributed by atoms with E-state index in [4.69, 9.17) is 14.6 Å². The van der Waals surface area contributed by atoms with Crippen molar-refractivity contribution in [2.24, 2.45) is 0 Å². The van der Waals surface area contributed by atoms with Gasteiger partial charge in [-0.15, -0.1) is 0 Å². The van der Waals surface area contributed by atoms with Crippen LogP contribution in [0.15, 0.2) is 15.8 Å². The lowest BCUT2D eigenvalue weighted by molar-refractivity contribution is -0.216. The number of rotatable bonds is 2. The van der Waals surface area contributed by atoms with Crippen LogP contribution in [0.3, 0.4) is 0 Å². The van der Waals surface area contributed by atoms with Crippen molar-refractivity contribution in [2.75, 3.05) is 13.7 Å². The summed E-state index contributed by atoms with van der Waals surface area (Å²) in [4.78, 5) is 25.4. The molecule has 2 aliphatic heterocycles. The molecule has 0 saturated carbocycles. The van der Waals surface area contributed by atoms with E-state index < -0.39 is 23.1 Å². The summed E-state index contributed by atoms with van der Waals surface area (Å²) in [6.07, 6.45) is 0.904. The van der Waals surface area contributed by atoms with Crippen LogP contribution < -0.4 is 11.2 Å². The molecule has 3 rings (SSSR count). The SMILES string of the molecule is C.CO.Cc1cn([C@@H]2O[C@]3(CO)CC2OC3C)c(=O)[nH]c1=O. The summed E-state index contributed by atoms with van der Waals surface area (Å²) in [5, 5.41) is 16.5. The number of hydrogen-bond acceptors (Lipinski definition) is 6. The maximum absolute atomic E-state index is 11.8. The Balaban J connectivity index is 0.000000775. The Morgan fingerprint density at radius 1 is 1.45 bits per heavy atom. The van der Waals surface area contributed by atoms with Gasteiger partial charge in [0.2, 0.25) is 0 Å². The maximum Gasteiger partial charge on any atom is 0.330 e. The highest BCUT2D eigenvalue weighted by molar-refractivity contribution is 5.07. The van der Waals surface area contributed by atoms with E-state index in [0.29, 0.717) is 12.0 Å². The zero-order valence-electron chi connectivity index (χ0n) is 12.2. The molecule has 2 fully saturated rings. The largest absolute Gasteiger partial charge is 0.400 e.